The number of amides is 1. The molecule has 4 heteroatoms. The fraction of sp³-hybridized carbons (Fsp3) is 0.381. The molecule has 25 heavy (non-hydrogen) atoms. The molecule has 0 bridgehead atoms. The molecule has 132 valence electrons. The Morgan fingerprint density at radius 1 is 1.16 bits per heavy atom. The lowest BCUT2D eigenvalue weighted by atomic mass is 10.0. The van der Waals surface area contributed by atoms with Gasteiger partial charge in [-0.2, -0.15) is 0 Å². The van der Waals surface area contributed by atoms with E-state index in [1.807, 2.05) is 18.2 Å². The second kappa shape index (κ2) is 8.17. The highest BCUT2D eigenvalue weighted by Crippen LogP contribution is 2.25. The van der Waals surface area contributed by atoms with Crippen molar-refractivity contribution in [2.24, 2.45) is 0 Å². The second-order valence-corrected chi connectivity index (χ2v) is 6.61. The molecule has 1 unspecified atom stereocenters. The van der Waals surface area contributed by atoms with Crippen molar-refractivity contribution in [3.63, 3.8) is 0 Å². The lowest BCUT2D eigenvalue weighted by Gasteiger charge is -2.28. The van der Waals surface area contributed by atoms with Gasteiger partial charge in [-0.05, 0) is 56.6 Å². The molecule has 1 N–H and O–H groups in total. The normalized spacial score (nSPS) is 15.8. The van der Waals surface area contributed by atoms with E-state index >= 15 is 0 Å². The predicted molar refractivity (Wildman–Crippen MR) is 100 cm³/mol. The number of carbonyl (C=O) groups is 1. The summed E-state index contributed by atoms with van der Waals surface area (Å²) >= 11 is 0. The summed E-state index contributed by atoms with van der Waals surface area (Å²) in [7, 11) is 1.61. The van der Waals surface area contributed by atoms with Gasteiger partial charge in [0.2, 0.25) is 0 Å². The lowest BCUT2D eigenvalue weighted by Crippen LogP contribution is -2.36. The van der Waals surface area contributed by atoms with E-state index in [2.05, 4.69) is 41.4 Å². The first-order valence-electron chi connectivity index (χ1n) is 8.90. The van der Waals surface area contributed by atoms with Crippen molar-refractivity contribution in [1.29, 1.82) is 0 Å². The Bertz CT molecular complexity index is 706. The van der Waals surface area contributed by atoms with Gasteiger partial charge < -0.3 is 10.1 Å². The monoisotopic (exact) mass is 338 g/mol. The van der Waals surface area contributed by atoms with Crippen LogP contribution in [-0.2, 0) is 0 Å². The van der Waals surface area contributed by atoms with E-state index in [1.165, 1.54) is 24.0 Å². The minimum absolute atomic E-state index is 0.0600. The number of nitrogens with one attached hydrogen (secondary N) is 1. The van der Waals surface area contributed by atoms with Crippen LogP contribution in [0.25, 0.3) is 0 Å². The maximum atomic E-state index is 12.5. The van der Waals surface area contributed by atoms with E-state index < -0.39 is 0 Å². The Balaban J connectivity index is 1.71. The van der Waals surface area contributed by atoms with Crippen LogP contribution in [0.3, 0.4) is 0 Å². The molecule has 3 rings (SSSR count). The maximum Gasteiger partial charge on any atom is 0.251 e. The molecule has 1 aliphatic rings. The Hall–Kier alpha value is -2.33. The van der Waals surface area contributed by atoms with Crippen molar-refractivity contribution in [2.45, 2.75) is 25.8 Å². The number of hydrogen-bond donors (Lipinski definition) is 1. The fourth-order valence-electron chi connectivity index (χ4n) is 3.36. The zero-order valence-corrected chi connectivity index (χ0v) is 15.0. The first-order chi connectivity index (χ1) is 12.2. The van der Waals surface area contributed by atoms with Crippen LogP contribution in [0.5, 0.6) is 5.75 Å². The molecule has 0 aromatic heterocycles. The van der Waals surface area contributed by atoms with Crippen molar-refractivity contribution in [3.8, 4) is 5.75 Å². The van der Waals surface area contributed by atoms with Crippen LogP contribution < -0.4 is 10.1 Å². The first kappa shape index (κ1) is 17.5. The summed E-state index contributed by atoms with van der Waals surface area (Å²) in [5, 5.41) is 3.10. The van der Waals surface area contributed by atoms with Crippen molar-refractivity contribution in [1.82, 2.24) is 10.2 Å². The number of carbonyl (C=O) groups excluding carboxylic acids is 1. The quantitative estimate of drug-likeness (QED) is 0.875. The number of hydrogen-bond acceptors (Lipinski definition) is 3. The summed E-state index contributed by atoms with van der Waals surface area (Å²) in [5.74, 6) is 0.637. The van der Waals surface area contributed by atoms with Crippen molar-refractivity contribution in [3.05, 3.63) is 65.2 Å². The molecular formula is C21H26N2O2. The fourth-order valence-corrected chi connectivity index (χ4v) is 3.36. The number of ether oxygens (including phenoxy) is 1. The summed E-state index contributed by atoms with van der Waals surface area (Å²) in [4.78, 5) is 15.0. The van der Waals surface area contributed by atoms with Gasteiger partial charge in [-0.25, -0.2) is 0 Å². The van der Waals surface area contributed by atoms with E-state index in [4.69, 9.17) is 4.74 Å². The molecule has 1 amide bonds. The average Bonchev–Trinajstić information content (AvgIpc) is 3.17. The van der Waals surface area contributed by atoms with Crippen LogP contribution >= 0.6 is 0 Å². The van der Waals surface area contributed by atoms with Gasteiger partial charge in [0.05, 0.1) is 13.2 Å². The van der Waals surface area contributed by atoms with Crippen molar-refractivity contribution >= 4 is 5.91 Å². The van der Waals surface area contributed by atoms with Gasteiger partial charge in [0, 0.05) is 12.1 Å². The minimum atomic E-state index is -0.0600. The van der Waals surface area contributed by atoms with Crippen molar-refractivity contribution in [2.75, 3.05) is 26.7 Å². The highest BCUT2D eigenvalue weighted by molar-refractivity contribution is 5.94. The van der Waals surface area contributed by atoms with Gasteiger partial charge in [-0.1, -0.05) is 35.9 Å². The predicted octanol–water partition coefficient (Wildman–Crippen LogP) is 3.57. The number of likely N-dealkylation sites (tertiary alicyclic amines) is 1. The number of benzene rings is 2. The van der Waals surface area contributed by atoms with Gasteiger partial charge in [0.25, 0.3) is 5.91 Å². The van der Waals surface area contributed by atoms with E-state index in [0.29, 0.717) is 17.9 Å². The number of aryl methyl sites for hydroxylation is 1. The van der Waals surface area contributed by atoms with Crippen molar-refractivity contribution < 1.29 is 9.53 Å². The molecule has 2 aromatic carbocycles. The highest BCUT2D eigenvalue weighted by Gasteiger charge is 2.24. The molecule has 4 nitrogen and oxygen atoms in total. The summed E-state index contributed by atoms with van der Waals surface area (Å²) in [5.41, 5.74) is 3.14. The first-order valence-corrected chi connectivity index (χ1v) is 8.90. The summed E-state index contributed by atoms with van der Waals surface area (Å²) < 4.78 is 5.20. The largest absolute Gasteiger partial charge is 0.497 e. The molecule has 1 heterocycles. The number of nitrogens with zero attached hydrogens (tertiary/aromatic N) is 1. The Morgan fingerprint density at radius 3 is 2.56 bits per heavy atom. The molecule has 0 aliphatic carbocycles. The standard InChI is InChI=1S/C21H26N2O2/c1-16-8-10-17(11-9-16)20(23-12-3-4-13-23)15-22-21(24)18-6-5-7-19(14-18)25-2/h5-11,14,20H,3-4,12-13,15H2,1-2H3,(H,22,24). The van der Waals surface area contributed by atoms with Crippen LogP contribution in [0.4, 0.5) is 0 Å². The molecular weight excluding hydrogens is 312 g/mol. The van der Waals surface area contributed by atoms with Gasteiger partial charge >= 0.3 is 0 Å². The smallest absolute Gasteiger partial charge is 0.251 e. The zero-order valence-electron chi connectivity index (χ0n) is 15.0. The van der Waals surface area contributed by atoms with Gasteiger partial charge in [0.1, 0.15) is 5.75 Å². The van der Waals surface area contributed by atoms with Crippen LogP contribution in [0.1, 0.15) is 40.4 Å². The molecule has 2 aromatic rings. The second-order valence-electron chi connectivity index (χ2n) is 6.61. The molecule has 1 saturated heterocycles. The van der Waals surface area contributed by atoms with Crippen LogP contribution in [0, 0.1) is 6.92 Å². The minimum Gasteiger partial charge on any atom is -0.497 e. The third-order valence-corrected chi connectivity index (χ3v) is 4.83. The number of methoxy groups -OCH3 is 1. The van der Waals surface area contributed by atoms with Crippen LogP contribution in [-0.4, -0.2) is 37.6 Å². The zero-order chi connectivity index (χ0) is 17.6. The number of rotatable bonds is 6. The van der Waals surface area contributed by atoms with E-state index in [0.717, 1.165) is 13.1 Å². The summed E-state index contributed by atoms with van der Waals surface area (Å²) in [6.45, 7) is 4.89. The molecule has 0 radical (unpaired) electrons. The summed E-state index contributed by atoms with van der Waals surface area (Å²) in [6, 6.07) is 16.1. The lowest BCUT2D eigenvalue weighted by molar-refractivity contribution is 0.0937. The van der Waals surface area contributed by atoms with Gasteiger partial charge in [-0.3, -0.25) is 9.69 Å². The van der Waals surface area contributed by atoms with E-state index in [1.54, 1.807) is 13.2 Å². The average molecular weight is 338 g/mol. The van der Waals surface area contributed by atoms with Gasteiger partial charge in [-0.15, -0.1) is 0 Å². The summed E-state index contributed by atoms with van der Waals surface area (Å²) in [6.07, 6.45) is 2.46. The Morgan fingerprint density at radius 2 is 1.88 bits per heavy atom. The van der Waals surface area contributed by atoms with Crippen LogP contribution in [0.2, 0.25) is 0 Å². The SMILES string of the molecule is COc1cccc(C(=O)NCC(c2ccc(C)cc2)N2CCCC2)c1. The third kappa shape index (κ3) is 4.40. The van der Waals surface area contributed by atoms with E-state index in [-0.39, 0.29) is 11.9 Å². The molecule has 0 saturated carbocycles. The Labute approximate surface area is 149 Å². The van der Waals surface area contributed by atoms with Crippen LogP contribution in [0.15, 0.2) is 48.5 Å². The Kier molecular flexibility index (Phi) is 5.71. The molecule has 1 aliphatic heterocycles. The molecule has 1 fully saturated rings. The van der Waals surface area contributed by atoms with E-state index in [9.17, 15) is 4.79 Å². The molecule has 1 atom stereocenters. The topological polar surface area (TPSA) is 41.6 Å². The molecule has 0 spiro atoms. The van der Waals surface area contributed by atoms with Gasteiger partial charge in [0.15, 0.2) is 0 Å². The maximum absolute atomic E-state index is 12.5. The highest BCUT2D eigenvalue weighted by atomic mass is 16.5. The third-order valence-electron chi connectivity index (χ3n) is 4.83.